The van der Waals surface area contributed by atoms with Crippen LogP contribution in [0.3, 0.4) is 0 Å². The first-order valence-electron chi connectivity index (χ1n) is 7.88. The van der Waals surface area contributed by atoms with Crippen LogP contribution in [0.15, 0.2) is 24.3 Å². The lowest BCUT2D eigenvalue weighted by atomic mass is 9.91. The average Bonchev–Trinajstić information content (AvgIpc) is 2.95. The first kappa shape index (κ1) is 14.8. The van der Waals surface area contributed by atoms with Crippen LogP contribution >= 0.6 is 0 Å². The Hall–Kier alpha value is -1.10. The fourth-order valence-electron chi connectivity index (χ4n) is 3.21. The van der Waals surface area contributed by atoms with Crippen molar-refractivity contribution in [3.63, 3.8) is 0 Å². The molecule has 1 aromatic carbocycles. The third-order valence-corrected chi connectivity index (χ3v) is 4.47. The highest BCUT2D eigenvalue weighted by Gasteiger charge is 2.42. The highest BCUT2D eigenvalue weighted by Crippen LogP contribution is 2.36. The summed E-state index contributed by atoms with van der Waals surface area (Å²) in [6.45, 7) is 4.14. The summed E-state index contributed by atoms with van der Waals surface area (Å²) in [5.74, 6) is 0.799. The standard InChI is InChI=1S/C17H24O4/c1-2-15(18)14-5-3-4-6-16(14)21-13-7-9-20-17(11-13)8-10-19-12-17/h3-6,13,15,18H,2,7-12H2,1H3/t13?,15-,17?/m1/s1. The third-order valence-electron chi connectivity index (χ3n) is 4.47. The number of aliphatic hydroxyl groups is 1. The molecule has 116 valence electrons. The highest BCUT2D eigenvalue weighted by atomic mass is 16.6. The van der Waals surface area contributed by atoms with Gasteiger partial charge in [0.05, 0.1) is 24.9 Å². The Kier molecular flexibility index (Phi) is 4.48. The fourth-order valence-corrected chi connectivity index (χ4v) is 3.21. The van der Waals surface area contributed by atoms with E-state index in [1.165, 1.54) is 0 Å². The van der Waals surface area contributed by atoms with Gasteiger partial charge in [-0.1, -0.05) is 25.1 Å². The maximum absolute atomic E-state index is 10.1. The molecule has 3 rings (SSSR count). The SMILES string of the molecule is CC[C@@H](O)c1ccccc1OC1CCOC2(CCOC2)C1. The molecule has 0 amide bonds. The first-order valence-corrected chi connectivity index (χ1v) is 7.88. The normalized spacial score (nSPS) is 30.5. The van der Waals surface area contributed by atoms with Crippen molar-refractivity contribution in [2.24, 2.45) is 0 Å². The highest BCUT2D eigenvalue weighted by molar-refractivity contribution is 5.35. The second-order valence-electron chi connectivity index (χ2n) is 6.03. The molecule has 2 aliphatic heterocycles. The van der Waals surface area contributed by atoms with Gasteiger partial charge >= 0.3 is 0 Å². The van der Waals surface area contributed by atoms with Crippen LogP contribution in [0.4, 0.5) is 0 Å². The molecular weight excluding hydrogens is 268 g/mol. The number of aliphatic hydroxyl groups excluding tert-OH is 1. The molecule has 0 saturated carbocycles. The molecule has 21 heavy (non-hydrogen) atoms. The van der Waals surface area contributed by atoms with E-state index in [9.17, 15) is 5.11 Å². The maximum Gasteiger partial charge on any atom is 0.125 e. The summed E-state index contributed by atoms with van der Waals surface area (Å²) in [6.07, 6.45) is 3.05. The Balaban J connectivity index is 1.71. The van der Waals surface area contributed by atoms with Crippen molar-refractivity contribution in [2.75, 3.05) is 19.8 Å². The predicted molar refractivity (Wildman–Crippen MR) is 79.5 cm³/mol. The van der Waals surface area contributed by atoms with Crippen molar-refractivity contribution in [1.82, 2.24) is 0 Å². The van der Waals surface area contributed by atoms with Crippen molar-refractivity contribution < 1.29 is 19.3 Å². The number of hydrogen-bond donors (Lipinski definition) is 1. The zero-order valence-electron chi connectivity index (χ0n) is 12.6. The van der Waals surface area contributed by atoms with Gasteiger partial charge in [-0.25, -0.2) is 0 Å². The van der Waals surface area contributed by atoms with E-state index in [4.69, 9.17) is 14.2 Å². The van der Waals surface area contributed by atoms with Gasteiger partial charge in [0.1, 0.15) is 11.9 Å². The Morgan fingerprint density at radius 3 is 3.00 bits per heavy atom. The molecule has 2 fully saturated rings. The van der Waals surface area contributed by atoms with Crippen molar-refractivity contribution in [2.45, 2.75) is 50.4 Å². The van der Waals surface area contributed by atoms with Gasteiger partial charge in [-0.3, -0.25) is 0 Å². The fraction of sp³-hybridized carbons (Fsp3) is 0.647. The summed E-state index contributed by atoms with van der Waals surface area (Å²) >= 11 is 0. The van der Waals surface area contributed by atoms with Crippen LogP contribution in [0.5, 0.6) is 5.75 Å². The molecule has 1 N–H and O–H groups in total. The van der Waals surface area contributed by atoms with E-state index in [-0.39, 0.29) is 11.7 Å². The van der Waals surface area contributed by atoms with Crippen LogP contribution < -0.4 is 4.74 Å². The van der Waals surface area contributed by atoms with Gasteiger partial charge in [-0.2, -0.15) is 0 Å². The Morgan fingerprint density at radius 1 is 1.38 bits per heavy atom. The van der Waals surface area contributed by atoms with Crippen molar-refractivity contribution in [3.05, 3.63) is 29.8 Å². The molecular formula is C17H24O4. The van der Waals surface area contributed by atoms with Crippen molar-refractivity contribution in [3.8, 4) is 5.75 Å². The monoisotopic (exact) mass is 292 g/mol. The molecule has 2 unspecified atom stereocenters. The smallest absolute Gasteiger partial charge is 0.125 e. The molecule has 0 aromatic heterocycles. The van der Waals surface area contributed by atoms with Gasteiger partial charge in [0.15, 0.2) is 0 Å². The largest absolute Gasteiger partial charge is 0.490 e. The summed E-state index contributed by atoms with van der Waals surface area (Å²) in [4.78, 5) is 0. The molecule has 1 spiro atoms. The second kappa shape index (κ2) is 6.34. The van der Waals surface area contributed by atoms with Gasteiger partial charge in [-0.15, -0.1) is 0 Å². The van der Waals surface area contributed by atoms with E-state index in [1.807, 2.05) is 31.2 Å². The van der Waals surface area contributed by atoms with Crippen LogP contribution in [0.25, 0.3) is 0 Å². The zero-order chi connectivity index (χ0) is 14.7. The van der Waals surface area contributed by atoms with Crippen molar-refractivity contribution >= 4 is 0 Å². The molecule has 0 aliphatic carbocycles. The van der Waals surface area contributed by atoms with E-state index < -0.39 is 6.10 Å². The van der Waals surface area contributed by atoms with Crippen LogP contribution in [0.2, 0.25) is 0 Å². The molecule has 2 saturated heterocycles. The van der Waals surface area contributed by atoms with Gasteiger partial charge in [-0.05, 0) is 12.5 Å². The number of ether oxygens (including phenoxy) is 3. The van der Waals surface area contributed by atoms with Crippen LogP contribution in [-0.2, 0) is 9.47 Å². The molecule has 1 aromatic rings. The molecule has 3 atom stereocenters. The molecule has 0 radical (unpaired) electrons. The number of para-hydroxylation sites is 1. The minimum absolute atomic E-state index is 0.130. The van der Waals surface area contributed by atoms with Gasteiger partial charge < -0.3 is 19.3 Å². The molecule has 2 heterocycles. The Labute approximate surface area is 126 Å². The van der Waals surface area contributed by atoms with Crippen LogP contribution in [0.1, 0.15) is 44.3 Å². The summed E-state index contributed by atoms with van der Waals surface area (Å²) in [5.41, 5.74) is 0.726. The lowest BCUT2D eigenvalue weighted by Crippen LogP contribution is -2.44. The number of hydrogen-bond acceptors (Lipinski definition) is 4. The lowest BCUT2D eigenvalue weighted by molar-refractivity contribution is -0.112. The minimum Gasteiger partial charge on any atom is -0.490 e. The number of rotatable bonds is 4. The average molecular weight is 292 g/mol. The van der Waals surface area contributed by atoms with Gasteiger partial charge in [0, 0.05) is 31.4 Å². The van der Waals surface area contributed by atoms with E-state index in [2.05, 4.69) is 0 Å². The molecule has 0 bridgehead atoms. The van der Waals surface area contributed by atoms with Gasteiger partial charge in [0.2, 0.25) is 0 Å². The maximum atomic E-state index is 10.1. The summed E-state index contributed by atoms with van der Waals surface area (Å²) in [6, 6.07) is 7.78. The minimum atomic E-state index is -0.468. The van der Waals surface area contributed by atoms with Crippen LogP contribution in [-0.4, -0.2) is 36.6 Å². The quantitative estimate of drug-likeness (QED) is 0.927. The Morgan fingerprint density at radius 2 is 2.24 bits per heavy atom. The summed E-state index contributed by atoms with van der Waals surface area (Å²) in [7, 11) is 0. The molecule has 2 aliphatic rings. The third kappa shape index (κ3) is 3.23. The summed E-state index contributed by atoms with van der Waals surface area (Å²) < 4.78 is 17.6. The topological polar surface area (TPSA) is 47.9 Å². The zero-order valence-corrected chi connectivity index (χ0v) is 12.6. The first-order chi connectivity index (χ1) is 10.2. The second-order valence-corrected chi connectivity index (χ2v) is 6.03. The van der Waals surface area contributed by atoms with E-state index >= 15 is 0 Å². The van der Waals surface area contributed by atoms with Crippen molar-refractivity contribution in [1.29, 1.82) is 0 Å². The molecule has 4 nitrogen and oxygen atoms in total. The van der Waals surface area contributed by atoms with E-state index in [0.717, 1.165) is 37.2 Å². The van der Waals surface area contributed by atoms with E-state index in [0.29, 0.717) is 19.6 Å². The predicted octanol–water partition coefficient (Wildman–Crippen LogP) is 2.85. The summed E-state index contributed by atoms with van der Waals surface area (Å²) in [5, 5.41) is 10.1. The van der Waals surface area contributed by atoms with Crippen LogP contribution in [0, 0.1) is 0 Å². The molecule has 4 heteroatoms. The Bertz CT molecular complexity index is 468. The lowest BCUT2D eigenvalue weighted by Gasteiger charge is -2.37. The number of benzene rings is 1. The van der Waals surface area contributed by atoms with Gasteiger partial charge in [0.25, 0.3) is 0 Å². The van der Waals surface area contributed by atoms with E-state index in [1.54, 1.807) is 0 Å².